The molecule has 2 amide bonds. The van der Waals surface area contributed by atoms with Crippen molar-refractivity contribution in [3.05, 3.63) is 60.7 Å². The summed E-state index contributed by atoms with van der Waals surface area (Å²) >= 11 is 1.49. The van der Waals surface area contributed by atoms with Crippen LogP contribution in [0.15, 0.2) is 65.6 Å². The standard InChI is InChI=1S/C21H18N2O3S/c1-13-21(25)23-18-11-16(7-9-19(18)26-13)22-20(24)12-27-17-8-6-14-4-2-3-5-15(14)10-17/h2-11,13H,12H2,1H3,(H,22,24)(H,23,25)/t13-/m1/s1. The fourth-order valence-electron chi connectivity index (χ4n) is 2.89. The van der Waals surface area contributed by atoms with Crippen molar-refractivity contribution in [1.29, 1.82) is 0 Å². The molecule has 3 aromatic rings. The highest BCUT2D eigenvalue weighted by Gasteiger charge is 2.23. The summed E-state index contributed by atoms with van der Waals surface area (Å²) in [5, 5.41) is 7.97. The van der Waals surface area contributed by atoms with E-state index < -0.39 is 6.10 Å². The molecule has 4 rings (SSSR count). The van der Waals surface area contributed by atoms with Gasteiger partial charge in [0.2, 0.25) is 5.91 Å². The van der Waals surface area contributed by atoms with Gasteiger partial charge in [0, 0.05) is 10.6 Å². The molecule has 0 saturated carbocycles. The SMILES string of the molecule is C[C@H]1Oc2ccc(NC(=O)CSc3ccc4ccccc4c3)cc2NC1=O. The van der Waals surface area contributed by atoms with E-state index in [1.54, 1.807) is 25.1 Å². The summed E-state index contributed by atoms with van der Waals surface area (Å²) < 4.78 is 5.52. The fraction of sp³-hybridized carbons (Fsp3) is 0.143. The molecule has 3 aromatic carbocycles. The Labute approximate surface area is 161 Å². The first-order valence-electron chi connectivity index (χ1n) is 8.61. The molecular formula is C21H18N2O3S. The van der Waals surface area contributed by atoms with Gasteiger partial charge in [0.15, 0.2) is 6.10 Å². The Morgan fingerprint density at radius 3 is 2.78 bits per heavy atom. The van der Waals surface area contributed by atoms with Gasteiger partial charge in [-0.15, -0.1) is 11.8 Å². The predicted molar refractivity (Wildman–Crippen MR) is 108 cm³/mol. The monoisotopic (exact) mass is 378 g/mol. The summed E-state index contributed by atoms with van der Waals surface area (Å²) in [5.74, 6) is 0.600. The zero-order valence-corrected chi connectivity index (χ0v) is 15.5. The Kier molecular flexibility index (Phi) is 4.73. The van der Waals surface area contributed by atoms with Crippen molar-refractivity contribution in [2.75, 3.05) is 16.4 Å². The van der Waals surface area contributed by atoms with Crippen LogP contribution in [-0.2, 0) is 9.59 Å². The fourth-order valence-corrected chi connectivity index (χ4v) is 3.63. The number of rotatable bonds is 4. The van der Waals surface area contributed by atoms with Gasteiger partial charge >= 0.3 is 0 Å². The third-order valence-corrected chi connectivity index (χ3v) is 5.28. The molecule has 27 heavy (non-hydrogen) atoms. The van der Waals surface area contributed by atoms with E-state index in [-0.39, 0.29) is 11.8 Å². The summed E-state index contributed by atoms with van der Waals surface area (Å²) in [6.07, 6.45) is -0.517. The van der Waals surface area contributed by atoms with Crippen molar-refractivity contribution in [2.24, 2.45) is 0 Å². The molecule has 0 unspecified atom stereocenters. The van der Waals surface area contributed by atoms with Crippen molar-refractivity contribution in [1.82, 2.24) is 0 Å². The molecule has 136 valence electrons. The molecule has 1 aliphatic rings. The van der Waals surface area contributed by atoms with Crippen LogP contribution in [0.1, 0.15) is 6.92 Å². The van der Waals surface area contributed by atoms with Crippen LogP contribution in [0.2, 0.25) is 0 Å². The number of ether oxygens (including phenoxy) is 1. The minimum Gasteiger partial charge on any atom is -0.479 e. The van der Waals surface area contributed by atoms with E-state index in [1.807, 2.05) is 18.2 Å². The Bertz CT molecular complexity index is 1030. The van der Waals surface area contributed by atoms with Crippen LogP contribution in [0.5, 0.6) is 5.75 Å². The third kappa shape index (κ3) is 3.90. The van der Waals surface area contributed by atoms with E-state index in [2.05, 4.69) is 34.9 Å². The Morgan fingerprint density at radius 1 is 1.11 bits per heavy atom. The number of anilines is 2. The minimum absolute atomic E-state index is 0.107. The van der Waals surface area contributed by atoms with Gasteiger partial charge in [0.1, 0.15) is 5.75 Å². The van der Waals surface area contributed by atoms with Crippen LogP contribution < -0.4 is 15.4 Å². The Morgan fingerprint density at radius 2 is 1.93 bits per heavy atom. The van der Waals surface area contributed by atoms with Crippen LogP contribution in [0.3, 0.4) is 0 Å². The lowest BCUT2D eigenvalue weighted by molar-refractivity contribution is -0.122. The molecule has 5 nitrogen and oxygen atoms in total. The van der Waals surface area contributed by atoms with Crippen molar-refractivity contribution in [3.8, 4) is 5.75 Å². The highest BCUT2D eigenvalue weighted by atomic mass is 32.2. The van der Waals surface area contributed by atoms with Gasteiger partial charge in [-0.3, -0.25) is 9.59 Å². The molecule has 0 fully saturated rings. The van der Waals surface area contributed by atoms with Gasteiger partial charge in [-0.25, -0.2) is 0 Å². The van der Waals surface area contributed by atoms with Gasteiger partial charge in [-0.05, 0) is 48.0 Å². The summed E-state index contributed by atoms with van der Waals surface area (Å²) in [6, 6.07) is 19.5. The lowest BCUT2D eigenvalue weighted by Crippen LogP contribution is -2.34. The number of carbonyl (C=O) groups excluding carboxylic acids is 2. The highest BCUT2D eigenvalue weighted by molar-refractivity contribution is 8.00. The molecule has 0 radical (unpaired) electrons. The number of amides is 2. The lowest BCUT2D eigenvalue weighted by atomic mass is 10.1. The van der Waals surface area contributed by atoms with Crippen LogP contribution in [-0.4, -0.2) is 23.7 Å². The average molecular weight is 378 g/mol. The Hall–Kier alpha value is -2.99. The second-order valence-electron chi connectivity index (χ2n) is 6.31. The minimum atomic E-state index is -0.517. The van der Waals surface area contributed by atoms with E-state index in [1.165, 1.54) is 17.1 Å². The van der Waals surface area contributed by atoms with E-state index in [9.17, 15) is 9.59 Å². The summed E-state index contributed by atoms with van der Waals surface area (Å²) in [7, 11) is 0. The molecule has 0 spiro atoms. The maximum atomic E-state index is 12.3. The molecule has 1 heterocycles. The van der Waals surface area contributed by atoms with Gasteiger partial charge in [0.25, 0.3) is 5.91 Å². The van der Waals surface area contributed by atoms with E-state index in [4.69, 9.17) is 4.74 Å². The number of hydrogen-bond acceptors (Lipinski definition) is 4. The molecule has 0 aliphatic carbocycles. The largest absolute Gasteiger partial charge is 0.479 e. The van der Waals surface area contributed by atoms with Crippen LogP contribution in [0.4, 0.5) is 11.4 Å². The van der Waals surface area contributed by atoms with Crippen LogP contribution in [0.25, 0.3) is 10.8 Å². The second kappa shape index (κ2) is 7.32. The molecule has 2 N–H and O–H groups in total. The van der Waals surface area contributed by atoms with Gasteiger partial charge in [-0.1, -0.05) is 30.3 Å². The normalized spacial score (nSPS) is 15.6. The molecule has 1 atom stereocenters. The third-order valence-electron chi connectivity index (χ3n) is 4.29. The second-order valence-corrected chi connectivity index (χ2v) is 7.35. The number of fused-ring (bicyclic) bond motifs is 2. The number of benzene rings is 3. The number of nitrogens with one attached hydrogen (secondary N) is 2. The number of thioether (sulfide) groups is 1. The van der Waals surface area contributed by atoms with Crippen molar-refractivity contribution < 1.29 is 14.3 Å². The summed E-state index contributed by atoms with van der Waals surface area (Å²) in [4.78, 5) is 25.0. The molecule has 0 saturated heterocycles. The molecule has 0 bridgehead atoms. The smallest absolute Gasteiger partial charge is 0.265 e. The zero-order valence-electron chi connectivity index (χ0n) is 14.7. The van der Waals surface area contributed by atoms with Crippen LogP contribution >= 0.6 is 11.8 Å². The average Bonchev–Trinajstić information content (AvgIpc) is 2.67. The first kappa shape index (κ1) is 17.4. The summed E-state index contributed by atoms with van der Waals surface area (Å²) in [5.41, 5.74) is 1.19. The number of carbonyl (C=O) groups is 2. The lowest BCUT2D eigenvalue weighted by Gasteiger charge is -2.23. The van der Waals surface area contributed by atoms with Gasteiger partial charge in [-0.2, -0.15) is 0 Å². The first-order chi connectivity index (χ1) is 13.1. The first-order valence-corrected chi connectivity index (χ1v) is 9.60. The van der Waals surface area contributed by atoms with Gasteiger partial charge in [0.05, 0.1) is 11.4 Å². The van der Waals surface area contributed by atoms with E-state index in [0.29, 0.717) is 22.9 Å². The highest BCUT2D eigenvalue weighted by Crippen LogP contribution is 2.32. The Balaban J connectivity index is 1.39. The quantitative estimate of drug-likeness (QED) is 0.665. The van der Waals surface area contributed by atoms with E-state index >= 15 is 0 Å². The maximum Gasteiger partial charge on any atom is 0.265 e. The molecular weight excluding hydrogens is 360 g/mol. The van der Waals surface area contributed by atoms with Crippen LogP contribution in [0, 0.1) is 0 Å². The molecule has 6 heteroatoms. The zero-order chi connectivity index (χ0) is 18.8. The summed E-state index contributed by atoms with van der Waals surface area (Å²) in [6.45, 7) is 1.69. The van der Waals surface area contributed by atoms with Crippen molar-refractivity contribution in [2.45, 2.75) is 17.9 Å². The maximum absolute atomic E-state index is 12.3. The van der Waals surface area contributed by atoms with E-state index in [0.717, 1.165) is 10.3 Å². The predicted octanol–water partition coefficient (Wildman–Crippen LogP) is 4.29. The number of hydrogen-bond donors (Lipinski definition) is 2. The topological polar surface area (TPSA) is 67.4 Å². The molecule has 0 aromatic heterocycles. The van der Waals surface area contributed by atoms with Gasteiger partial charge < -0.3 is 15.4 Å². The molecule has 1 aliphatic heterocycles. The van der Waals surface area contributed by atoms with Crippen molar-refractivity contribution in [3.63, 3.8) is 0 Å². The van der Waals surface area contributed by atoms with Crippen molar-refractivity contribution >= 4 is 45.7 Å².